The largest absolute Gasteiger partial charge is 0.492 e. The molecule has 1 aromatic rings. The predicted molar refractivity (Wildman–Crippen MR) is 102 cm³/mol. The van der Waals surface area contributed by atoms with E-state index in [0.717, 1.165) is 71.3 Å². The van der Waals surface area contributed by atoms with Crippen LogP contribution < -0.4 is 10.5 Å². The fourth-order valence-corrected chi connectivity index (χ4v) is 3.13. The van der Waals surface area contributed by atoms with Crippen molar-refractivity contribution in [1.82, 2.24) is 9.80 Å². The minimum atomic E-state index is 0. The summed E-state index contributed by atoms with van der Waals surface area (Å²) in [7, 11) is 0. The van der Waals surface area contributed by atoms with Gasteiger partial charge in [-0.15, -0.1) is 24.8 Å². The molecule has 2 fully saturated rings. The second-order valence-electron chi connectivity index (χ2n) is 6.19. The second kappa shape index (κ2) is 11.1. The summed E-state index contributed by atoms with van der Waals surface area (Å²) in [5.41, 5.74) is 7.25. The summed E-state index contributed by atoms with van der Waals surface area (Å²) in [6, 6.07) is 8.69. The molecule has 2 aliphatic heterocycles. The first-order valence-electron chi connectivity index (χ1n) is 8.30. The molecule has 0 amide bonds. The summed E-state index contributed by atoms with van der Waals surface area (Å²) >= 11 is 0. The van der Waals surface area contributed by atoms with Crippen molar-refractivity contribution >= 4 is 24.8 Å². The van der Waals surface area contributed by atoms with E-state index < -0.39 is 0 Å². The Balaban J connectivity index is 0.00000144. The van der Waals surface area contributed by atoms with Crippen molar-refractivity contribution in [3.8, 4) is 5.75 Å². The molecule has 1 aromatic carbocycles. The van der Waals surface area contributed by atoms with Gasteiger partial charge < -0.3 is 15.2 Å². The van der Waals surface area contributed by atoms with Crippen molar-refractivity contribution < 1.29 is 9.47 Å². The lowest BCUT2D eigenvalue weighted by molar-refractivity contribution is 0.0321. The lowest BCUT2D eigenvalue weighted by Gasteiger charge is -2.26. The highest BCUT2D eigenvalue weighted by atomic mass is 35.5. The Labute approximate surface area is 157 Å². The van der Waals surface area contributed by atoms with E-state index >= 15 is 0 Å². The molecular formula is C17H29Cl2N3O2. The highest BCUT2D eigenvalue weighted by molar-refractivity contribution is 5.85. The Morgan fingerprint density at radius 2 is 1.83 bits per heavy atom. The van der Waals surface area contributed by atoms with Crippen LogP contribution in [0.3, 0.4) is 0 Å². The Morgan fingerprint density at radius 3 is 2.54 bits per heavy atom. The SMILES string of the molecule is Cl.Cl.NC1CCN(Cc2ccccc2OCCN2CCOCC2)C1. The molecule has 2 N–H and O–H groups in total. The van der Waals surface area contributed by atoms with E-state index in [2.05, 4.69) is 28.0 Å². The molecule has 0 aromatic heterocycles. The van der Waals surface area contributed by atoms with E-state index in [4.69, 9.17) is 15.2 Å². The van der Waals surface area contributed by atoms with Crippen LogP contribution in [0.2, 0.25) is 0 Å². The van der Waals surface area contributed by atoms with Gasteiger partial charge in [0.05, 0.1) is 13.2 Å². The first kappa shape index (κ1) is 21.5. The molecule has 2 aliphatic rings. The number of halogens is 2. The number of benzene rings is 1. The third-order valence-electron chi connectivity index (χ3n) is 4.44. The quantitative estimate of drug-likeness (QED) is 0.818. The first-order chi connectivity index (χ1) is 10.8. The Kier molecular flexibility index (Phi) is 9.96. The molecule has 7 heteroatoms. The van der Waals surface area contributed by atoms with Crippen LogP contribution in [0.15, 0.2) is 24.3 Å². The van der Waals surface area contributed by atoms with E-state index in [0.29, 0.717) is 6.04 Å². The molecule has 0 bridgehead atoms. The summed E-state index contributed by atoms with van der Waals surface area (Å²) in [4.78, 5) is 4.81. The number of hydrogen-bond acceptors (Lipinski definition) is 5. The minimum absolute atomic E-state index is 0. The van der Waals surface area contributed by atoms with Gasteiger partial charge in [0.1, 0.15) is 12.4 Å². The number of ether oxygens (including phenoxy) is 2. The van der Waals surface area contributed by atoms with Gasteiger partial charge in [-0.25, -0.2) is 0 Å². The maximum Gasteiger partial charge on any atom is 0.123 e. The molecule has 3 rings (SSSR count). The van der Waals surface area contributed by atoms with Gasteiger partial charge in [0.25, 0.3) is 0 Å². The van der Waals surface area contributed by atoms with Crippen LogP contribution >= 0.6 is 24.8 Å². The van der Waals surface area contributed by atoms with Crippen molar-refractivity contribution in [3.05, 3.63) is 29.8 Å². The zero-order chi connectivity index (χ0) is 15.2. The van der Waals surface area contributed by atoms with E-state index in [1.54, 1.807) is 0 Å². The van der Waals surface area contributed by atoms with Crippen molar-refractivity contribution in [2.24, 2.45) is 5.73 Å². The molecule has 0 saturated carbocycles. The summed E-state index contributed by atoms with van der Waals surface area (Å²) in [6.45, 7) is 8.40. The molecular weight excluding hydrogens is 349 g/mol. The number of likely N-dealkylation sites (tertiary alicyclic amines) is 1. The first-order valence-corrected chi connectivity index (χ1v) is 8.30. The van der Waals surface area contributed by atoms with Crippen LogP contribution in [0.1, 0.15) is 12.0 Å². The van der Waals surface area contributed by atoms with Gasteiger partial charge in [-0.3, -0.25) is 9.80 Å². The van der Waals surface area contributed by atoms with Gasteiger partial charge in [0, 0.05) is 50.9 Å². The molecule has 5 nitrogen and oxygen atoms in total. The Hall–Kier alpha value is -0.560. The molecule has 1 unspecified atom stereocenters. The number of morpholine rings is 1. The van der Waals surface area contributed by atoms with E-state index in [-0.39, 0.29) is 24.8 Å². The summed E-state index contributed by atoms with van der Waals surface area (Å²) in [6.07, 6.45) is 1.10. The van der Waals surface area contributed by atoms with Gasteiger partial charge in [-0.1, -0.05) is 18.2 Å². The van der Waals surface area contributed by atoms with Crippen LogP contribution in [0.25, 0.3) is 0 Å². The molecule has 2 heterocycles. The van der Waals surface area contributed by atoms with Crippen molar-refractivity contribution in [2.45, 2.75) is 19.0 Å². The lowest BCUT2D eigenvalue weighted by Crippen LogP contribution is -2.38. The molecule has 24 heavy (non-hydrogen) atoms. The number of nitrogens with zero attached hydrogens (tertiary/aromatic N) is 2. The molecule has 1 atom stereocenters. The van der Waals surface area contributed by atoms with Gasteiger partial charge in [-0.2, -0.15) is 0 Å². The van der Waals surface area contributed by atoms with Crippen LogP contribution in [0.5, 0.6) is 5.75 Å². The molecule has 0 spiro atoms. The van der Waals surface area contributed by atoms with E-state index in [9.17, 15) is 0 Å². The number of para-hydroxylation sites is 1. The molecule has 0 aliphatic carbocycles. The third-order valence-corrected chi connectivity index (χ3v) is 4.44. The van der Waals surface area contributed by atoms with Crippen LogP contribution in [-0.2, 0) is 11.3 Å². The fourth-order valence-electron chi connectivity index (χ4n) is 3.13. The fraction of sp³-hybridized carbons (Fsp3) is 0.647. The van der Waals surface area contributed by atoms with E-state index in [1.807, 2.05) is 6.07 Å². The summed E-state index contributed by atoms with van der Waals surface area (Å²) in [5.74, 6) is 1.01. The second-order valence-corrected chi connectivity index (χ2v) is 6.19. The molecule has 0 radical (unpaired) electrons. The molecule has 2 saturated heterocycles. The third kappa shape index (κ3) is 6.39. The summed E-state index contributed by atoms with van der Waals surface area (Å²) < 4.78 is 11.4. The van der Waals surface area contributed by atoms with Crippen molar-refractivity contribution in [3.63, 3.8) is 0 Å². The van der Waals surface area contributed by atoms with Gasteiger partial charge in [-0.05, 0) is 12.5 Å². The monoisotopic (exact) mass is 377 g/mol. The van der Waals surface area contributed by atoms with Crippen molar-refractivity contribution in [1.29, 1.82) is 0 Å². The van der Waals surface area contributed by atoms with Gasteiger partial charge in [0.2, 0.25) is 0 Å². The average molecular weight is 378 g/mol. The highest BCUT2D eigenvalue weighted by Crippen LogP contribution is 2.21. The lowest BCUT2D eigenvalue weighted by atomic mass is 10.2. The zero-order valence-electron chi connectivity index (χ0n) is 14.1. The van der Waals surface area contributed by atoms with Crippen LogP contribution in [0.4, 0.5) is 0 Å². The standard InChI is InChI=1S/C17H27N3O2.2ClH/c18-16-5-6-20(14-16)13-15-3-1-2-4-17(15)22-12-9-19-7-10-21-11-8-19;;/h1-4,16H,5-14,18H2;2*1H. The van der Waals surface area contributed by atoms with E-state index in [1.165, 1.54) is 5.56 Å². The number of nitrogens with two attached hydrogens (primary N) is 1. The predicted octanol–water partition coefficient (Wildman–Crippen LogP) is 1.77. The number of rotatable bonds is 6. The van der Waals surface area contributed by atoms with Crippen molar-refractivity contribution in [2.75, 3.05) is 52.5 Å². The van der Waals surface area contributed by atoms with Gasteiger partial charge in [0.15, 0.2) is 0 Å². The summed E-state index contributed by atoms with van der Waals surface area (Å²) in [5, 5.41) is 0. The topological polar surface area (TPSA) is 51.0 Å². The van der Waals surface area contributed by atoms with Crippen LogP contribution in [0, 0.1) is 0 Å². The molecule has 138 valence electrons. The number of hydrogen-bond donors (Lipinski definition) is 1. The Bertz CT molecular complexity index is 473. The highest BCUT2D eigenvalue weighted by Gasteiger charge is 2.20. The van der Waals surface area contributed by atoms with Crippen LogP contribution in [-0.4, -0.2) is 68.4 Å². The maximum absolute atomic E-state index is 6.04. The maximum atomic E-state index is 6.04. The van der Waals surface area contributed by atoms with Gasteiger partial charge >= 0.3 is 0 Å². The smallest absolute Gasteiger partial charge is 0.123 e. The zero-order valence-corrected chi connectivity index (χ0v) is 15.7. The normalized spacial score (nSPS) is 21.8. The average Bonchev–Trinajstić information content (AvgIpc) is 2.95. The minimum Gasteiger partial charge on any atom is -0.492 e. The Morgan fingerprint density at radius 1 is 1.08 bits per heavy atom.